The lowest BCUT2D eigenvalue weighted by Gasteiger charge is -2.07. The Bertz CT molecular complexity index is 687. The molecule has 0 fully saturated rings. The van der Waals surface area contributed by atoms with Crippen LogP contribution in [0.4, 0.5) is 0 Å². The summed E-state index contributed by atoms with van der Waals surface area (Å²) in [5, 5.41) is 17.0. The van der Waals surface area contributed by atoms with Crippen LogP contribution in [0.5, 0.6) is 0 Å². The highest BCUT2D eigenvalue weighted by molar-refractivity contribution is 5.88. The molecule has 26 heavy (non-hydrogen) atoms. The van der Waals surface area contributed by atoms with Gasteiger partial charge in [0.05, 0.1) is 25.0 Å². The Morgan fingerprint density at radius 2 is 1.23 bits per heavy atom. The Labute approximate surface area is 152 Å². The second-order valence-electron chi connectivity index (χ2n) is 5.55. The van der Waals surface area contributed by atoms with Crippen molar-refractivity contribution >= 4 is 24.1 Å². The first-order valence-corrected chi connectivity index (χ1v) is 8.06. The van der Waals surface area contributed by atoms with E-state index < -0.39 is 24.1 Å². The number of rotatable bonds is 8. The highest BCUT2D eigenvalue weighted by Crippen LogP contribution is 2.09. The van der Waals surface area contributed by atoms with Crippen molar-refractivity contribution in [3.63, 3.8) is 0 Å². The van der Waals surface area contributed by atoms with E-state index in [1.165, 1.54) is 12.2 Å². The van der Waals surface area contributed by atoms with Crippen LogP contribution in [-0.2, 0) is 19.1 Å². The van der Waals surface area contributed by atoms with Gasteiger partial charge in [-0.25, -0.2) is 9.59 Å². The third kappa shape index (κ3) is 8.47. The summed E-state index contributed by atoms with van der Waals surface area (Å²) in [6.45, 7) is 3.31. The molecule has 6 nitrogen and oxygen atoms in total. The van der Waals surface area contributed by atoms with Crippen LogP contribution < -0.4 is 0 Å². The molecule has 0 saturated carbocycles. The average molecular weight is 352 g/mol. The second kappa shape index (κ2) is 11.2. The summed E-state index contributed by atoms with van der Waals surface area (Å²) >= 11 is 0. The van der Waals surface area contributed by atoms with Gasteiger partial charge in [0.25, 0.3) is 0 Å². The molecule has 0 N–H and O–H groups in total. The van der Waals surface area contributed by atoms with Crippen LogP contribution in [-0.4, -0.2) is 24.1 Å². The van der Waals surface area contributed by atoms with Gasteiger partial charge < -0.3 is 9.47 Å². The fraction of sp³-hybridized carbons (Fsp3) is 0.300. The van der Waals surface area contributed by atoms with E-state index in [1.54, 1.807) is 50.3 Å². The first-order chi connectivity index (χ1) is 12.4. The minimum absolute atomic E-state index is 0.151. The minimum Gasteiger partial charge on any atom is -0.458 e. The predicted molar refractivity (Wildman–Crippen MR) is 96.1 cm³/mol. The minimum atomic E-state index is -0.508. The summed E-state index contributed by atoms with van der Waals surface area (Å²) in [6.07, 6.45) is 5.22. The van der Waals surface area contributed by atoms with E-state index in [-0.39, 0.29) is 12.8 Å². The molecule has 134 valence electrons. The maximum absolute atomic E-state index is 11.6. The SMILES string of the molecule is CC(CC#N)OC(=O)C=Cc1ccc(C=CC(=O)OC(C)CC#N)cc1. The van der Waals surface area contributed by atoms with Gasteiger partial charge in [0.2, 0.25) is 0 Å². The lowest BCUT2D eigenvalue weighted by molar-refractivity contribution is -0.142. The zero-order chi connectivity index (χ0) is 19.4. The molecule has 0 amide bonds. The van der Waals surface area contributed by atoms with E-state index in [0.29, 0.717) is 0 Å². The molecular formula is C20H20N2O4. The smallest absolute Gasteiger partial charge is 0.331 e. The number of esters is 2. The predicted octanol–water partition coefficient (Wildman–Crippen LogP) is 3.40. The Hall–Kier alpha value is -3.38. The highest BCUT2D eigenvalue weighted by Gasteiger charge is 2.06. The number of carbonyl (C=O) groups is 2. The zero-order valence-electron chi connectivity index (χ0n) is 14.7. The summed E-state index contributed by atoms with van der Waals surface area (Å²) in [5.74, 6) is -1.02. The van der Waals surface area contributed by atoms with Gasteiger partial charge in [0.15, 0.2) is 0 Å². The molecule has 2 unspecified atom stereocenters. The maximum atomic E-state index is 11.6. The van der Waals surface area contributed by atoms with Crippen LogP contribution in [0.2, 0.25) is 0 Å². The van der Waals surface area contributed by atoms with E-state index in [1.807, 2.05) is 12.1 Å². The van der Waals surface area contributed by atoms with Gasteiger partial charge in [0, 0.05) is 12.2 Å². The van der Waals surface area contributed by atoms with Crippen LogP contribution >= 0.6 is 0 Å². The fourth-order valence-electron chi connectivity index (χ4n) is 1.86. The molecule has 0 radical (unpaired) electrons. The zero-order valence-corrected chi connectivity index (χ0v) is 14.7. The lowest BCUT2D eigenvalue weighted by Crippen LogP contribution is -2.11. The third-order valence-electron chi connectivity index (χ3n) is 3.15. The standard InChI is InChI=1S/C20H20N2O4/c1-15(11-13-21)25-19(23)9-7-17-3-5-18(6-4-17)8-10-20(24)26-16(2)12-14-22/h3-10,15-16H,11-12H2,1-2H3. The molecule has 0 saturated heterocycles. The molecule has 1 rings (SSSR count). The summed E-state index contributed by atoms with van der Waals surface area (Å²) in [6, 6.07) is 11.0. The molecular weight excluding hydrogens is 332 g/mol. The van der Waals surface area contributed by atoms with Gasteiger partial charge in [-0.1, -0.05) is 24.3 Å². The number of nitrogens with zero attached hydrogens (tertiary/aromatic N) is 2. The molecule has 2 atom stereocenters. The van der Waals surface area contributed by atoms with Gasteiger partial charge in [-0.3, -0.25) is 0 Å². The molecule has 1 aromatic rings. The van der Waals surface area contributed by atoms with Crippen molar-refractivity contribution in [2.45, 2.75) is 38.9 Å². The summed E-state index contributed by atoms with van der Waals surface area (Å²) < 4.78 is 10.0. The Morgan fingerprint density at radius 3 is 1.54 bits per heavy atom. The van der Waals surface area contributed by atoms with E-state index >= 15 is 0 Å². The van der Waals surface area contributed by atoms with Crippen molar-refractivity contribution in [1.82, 2.24) is 0 Å². The van der Waals surface area contributed by atoms with Gasteiger partial charge in [-0.15, -0.1) is 0 Å². The normalized spacial score (nSPS) is 12.9. The molecule has 0 aromatic heterocycles. The summed E-state index contributed by atoms with van der Waals surface area (Å²) in [7, 11) is 0. The van der Waals surface area contributed by atoms with Crippen LogP contribution in [0.15, 0.2) is 36.4 Å². The molecule has 1 aromatic carbocycles. The van der Waals surface area contributed by atoms with Crippen molar-refractivity contribution in [3.8, 4) is 12.1 Å². The third-order valence-corrected chi connectivity index (χ3v) is 3.15. The summed E-state index contributed by atoms with van der Waals surface area (Å²) in [4.78, 5) is 23.2. The number of ether oxygens (including phenoxy) is 2. The monoisotopic (exact) mass is 352 g/mol. The molecule has 0 heterocycles. The van der Waals surface area contributed by atoms with Gasteiger partial charge in [0.1, 0.15) is 12.2 Å². The van der Waals surface area contributed by atoms with Gasteiger partial charge in [-0.2, -0.15) is 10.5 Å². The number of hydrogen-bond donors (Lipinski definition) is 0. The highest BCUT2D eigenvalue weighted by atomic mass is 16.5. The Morgan fingerprint density at radius 1 is 0.885 bits per heavy atom. The molecule has 0 spiro atoms. The number of hydrogen-bond acceptors (Lipinski definition) is 6. The van der Waals surface area contributed by atoms with Crippen molar-refractivity contribution in [1.29, 1.82) is 10.5 Å². The first-order valence-electron chi connectivity index (χ1n) is 8.06. The molecule has 0 aliphatic heterocycles. The number of benzene rings is 1. The maximum Gasteiger partial charge on any atom is 0.331 e. The quantitative estimate of drug-likeness (QED) is 0.525. The molecule has 6 heteroatoms. The fourth-order valence-corrected chi connectivity index (χ4v) is 1.86. The van der Waals surface area contributed by atoms with Crippen molar-refractivity contribution in [2.75, 3.05) is 0 Å². The molecule has 0 aliphatic rings. The van der Waals surface area contributed by atoms with Crippen molar-refractivity contribution < 1.29 is 19.1 Å². The lowest BCUT2D eigenvalue weighted by atomic mass is 10.1. The number of nitriles is 2. The van der Waals surface area contributed by atoms with Crippen molar-refractivity contribution in [2.24, 2.45) is 0 Å². The Kier molecular flexibility index (Phi) is 8.92. The number of carbonyl (C=O) groups excluding carboxylic acids is 2. The molecule has 0 bridgehead atoms. The second-order valence-corrected chi connectivity index (χ2v) is 5.55. The topological polar surface area (TPSA) is 100 Å². The summed E-state index contributed by atoms with van der Waals surface area (Å²) in [5.41, 5.74) is 1.58. The van der Waals surface area contributed by atoms with Crippen molar-refractivity contribution in [3.05, 3.63) is 47.5 Å². The van der Waals surface area contributed by atoms with Gasteiger partial charge in [-0.05, 0) is 37.1 Å². The average Bonchev–Trinajstić information content (AvgIpc) is 2.59. The van der Waals surface area contributed by atoms with E-state index in [4.69, 9.17) is 20.0 Å². The van der Waals surface area contributed by atoms with E-state index in [2.05, 4.69) is 0 Å². The van der Waals surface area contributed by atoms with E-state index in [0.717, 1.165) is 11.1 Å². The van der Waals surface area contributed by atoms with E-state index in [9.17, 15) is 9.59 Å². The van der Waals surface area contributed by atoms with Crippen LogP contribution in [0.25, 0.3) is 12.2 Å². The molecule has 0 aliphatic carbocycles. The van der Waals surface area contributed by atoms with Gasteiger partial charge >= 0.3 is 11.9 Å². The Balaban J connectivity index is 2.55. The van der Waals surface area contributed by atoms with Crippen LogP contribution in [0.1, 0.15) is 37.8 Å². The largest absolute Gasteiger partial charge is 0.458 e. The first kappa shape index (κ1) is 20.7. The van der Waals surface area contributed by atoms with Crippen LogP contribution in [0, 0.1) is 22.7 Å². The van der Waals surface area contributed by atoms with Crippen LogP contribution in [0.3, 0.4) is 0 Å².